The molecular formula is C37H53NO6. The number of allylic oxidation sites excluding steroid dienone is 10. The van der Waals surface area contributed by atoms with Crippen molar-refractivity contribution in [3.05, 3.63) is 90.6 Å². The van der Waals surface area contributed by atoms with Gasteiger partial charge in [0.05, 0.1) is 0 Å². The fourth-order valence-electron chi connectivity index (χ4n) is 3.83. The van der Waals surface area contributed by atoms with Crippen LogP contribution in [0.5, 0.6) is 5.75 Å². The molecular weight excluding hydrogens is 554 g/mol. The van der Waals surface area contributed by atoms with E-state index < -0.39 is 23.6 Å². The minimum Gasteiger partial charge on any atom is -0.456 e. The van der Waals surface area contributed by atoms with Gasteiger partial charge in [-0.2, -0.15) is 0 Å². The Bertz CT molecular complexity index is 1120. The molecule has 7 nitrogen and oxygen atoms in total. The number of carbonyl (C=O) groups excluding carboxylic acids is 3. The van der Waals surface area contributed by atoms with Crippen LogP contribution in [0, 0.1) is 0 Å². The third-order valence-electron chi connectivity index (χ3n) is 6.04. The Hall–Kier alpha value is -3.71. The summed E-state index contributed by atoms with van der Waals surface area (Å²) in [6.07, 6.45) is 29.4. The normalized spacial score (nSPS) is 13.0. The quantitative estimate of drug-likeness (QED) is 0.0653. The van der Waals surface area contributed by atoms with Crippen molar-refractivity contribution in [2.24, 2.45) is 0 Å². The Kier molecular flexibility index (Phi) is 20.6. The maximum absolute atomic E-state index is 12.5. The molecule has 0 aliphatic carbocycles. The fraction of sp³-hybridized carbons (Fsp3) is 0.486. The molecule has 7 heteroatoms. The van der Waals surface area contributed by atoms with Gasteiger partial charge in [0.1, 0.15) is 29.6 Å². The van der Waals surface area contributed by atoms with Crippen LogP contribution >= 0.6 is 0 Å². The van der Waals surface area contributed by atoms with E-state index in [0.717, 1.165) is 51.4 Å². The molecule has 0 aliphatic rings. The monoisotopic (exact) mass is 607 g/mol. The zero-order valence-electron chi connectivity index (χ0n) is 27.4. The number of hydrogen-bond donors (Lipinski definition) is 1. The molecule has 0 aliphatic heterocycles. The van der Waals surface area contributed by atoms with E-state index in [0.29, 0.717) is 13.0 Å². The average molecular weight is 608 g/mol. The van der Waals surface area contributed by atoms with Crippen LogP contribution in [-0.4, -0.2) is 42.7 Å². The molecule has 1 aromatic rings. The number of para-hydroxylation sites is 1. The van der Waals surface area contributed by atoms with E-state index in [9.17, 15) is 14.4 Å². The lowest BCUT2D eigenvalue weighted by Crippen LogP contribution is -2.40. The molecule has 1 amide bonds. The first-order chi connectivity index (χ1) is 21.2. The van der Waals surface area contributed by atoms with Crippen molar-refractivity contribution in [3.8, 4) is 5.75 Å². The Balaban J connectivity index is 2.23. The first kappa shape index (κ1) is 38.3. The van der Waals surface area contributed by atoms with Crippen LogP contribution in [-0.2, 0) is 19.1 Å². The van der Waals surface area contributed by atoms with E-state index in [4.69, 9.17) is 14.2 Å². The summed E-state index contributed by atoms with van der Waals surface area (Å²) in [5.41, 5.74) is -0.547. The smallest absolute Gasteiger partial charge is 0.342 e. The molecule has 1 rings (SSSR count). The summed E-state index contributed by atoms with van der Waals surface area (Å²) in [6.45, 7) is 9.39. The molecule has 0 saturated carbocycles. The maximum Gasteiger partial charge on any atom is 0.342 e. The number of hydrogen-bond acceptors (Lipinski definition) is 6. The summed E-state index contributed by atoms with van der Waals surface area (Å²) in [4.78, 5) is 37.4. The van der Waals surface area contributed by atoms with Crippen molar-refractivity contribution in [2.75, 3.05) is 13.2 Å². The maximum atomic E-state index is 12.5. The van der Waals surface area contributed by atoms with Gasteiger partial charge in [-0.15, -0.1) is 0 Å². The average Bonchev–Trinajstić information content (AvgIpc) is 2.98. The van der Waals surface area contributed by atoms with Crippen LogP contribution in [0.2, 0.25) is 0 Å². The molecule has 0 bridgehead atoms. The first-order valence-corrected chi connectivity index (χ1v) is 15.8. The number of unbranched alkanes of at least 4 members (excludes halogenated alkanes) is 2. The molecule has 0 radical (unpaired) electrons. The number of nitrogens with one attached hydrogen (secondary N) is 1. The van der Waals surface area contributed by atoms with E-state index in [1.54, 1.807) is 32.9 Å². The van der Waals surface area contributed by atoms with E-state index in [1.165, 1.54) is 12.1 Å². The summed E-state index contributed by atoms with van der Waals surface area (Å²) < 4.78 is 16.5. The highest BCUT2D eigenvalue weighted by Crippen LogP contribution is 2.21. The molecule has 1 atom stereocenters. The highest BCUT2D eigenvalue weighted by atomic mass is 16.6. The zero-order valence-corrected chi connectivity index (χ0v) is 27.4. The van der Waals surface area contributed by atoms with Gasteiger partial charge in [-0.3, -0.25) is 4.79 Å². The molecule has 0 spiro atoms. The molecule has 0 fully saturated rings. The van der Waals surface area contributed by atoms with Crippen molar-refractivity contribution in [1.29, 1.82) is 0 Å². The van der Waals surface area contributed by atoms with Crippen LogP contribution in [0.3, 0.4) is 0 Å². The molecule has 1 N–H and O–H groups in total. The van der Waals surface area contributed by atoms with Crippen LogP contribution in [0.1, 0.15) is 103 Å². The molecule has 1 aromatic carbocycles. The SMILES string of the molecule is CC/C=C\C/C=C\C/C=C\C/C=C\C/C=C\CCCCOC(CC)C(=O)NCC(=O)Oc1ccccc1C(=O)OC(C)(C)C. The van der Waals surface area contributed by atoms with E-state index in [-0.39, 0.29) is 23.8 Å². The van der Waals surface area contributed by atoms with Gasteiger partial charge in [-0.1, -0.05) is 86.7 Å². The topological polar surface area (TPSA) is 90.9 Å². The third kappa shape index (κ3) is 19.5. The predicted molar refractivity (Wildman–Crippen MR) is 179 cm³/mol. The van der Waals surface area contributed by atoms with Gasteiger partial charge in [0.15, 0.2) is 0 Å². The Labute approximate surface area is 265 Å². The summed E-state index contributed by atoms with van der Waals surface area (Å²) in [5, 5.41) is 2.57. The first-order valence-electron chi connectivity index (χ1n) is 15.8. The fourth-order valence-corrected chi connectivity index (χ4v) is 3.83. The second-order valence-corrected chi connectivity index (χ2v) is 11.2. The largest absolute Gasteiger partial charge is 0.456 e. The third-order valence-corrected chi connectivity index (χ3v) is 6.04. The molecule has 0 heterocycles. The van der Waals surface area contributed by atoms with Crippen molar-refractivity contribution in [2.45, 2.75) is 104 Å². The molecule has 44 heavy (non-hydrogen) atoms. The second-order valence-electron chi connectivity index (χ2n) is 11.2. The van der Waals surface area contributed by atoms with Gasteiger partial charge in [0.2, 0.25) is 5.91 Å². The minimum absolute atomic E-state index is 0.0804. The summed E-state index contributed by atoms with van der Waals surface area (Å²) in [5.74, 6) is -1.58. The van der Waals surface area contributed by atoms with E-state index in [1.807, 2.05) is 6.92 Å². The summed E-state index contributed by atoms with van der Waals surface area (Å²) in [7, 11) is 0. The second kappa shape index (κ2) is 23.7. The van der Waals surface area contributed by atoms with Crippen LogP contribution in [0.4, 0.5) is 0 Å². The Morgan fingerprint density at radius 3 is 1.93 bits per heavy atom. The van der Waals surface area contributed by atoms with Crippen LogP contribution in [0.15, 0.2) is 85.0 Å². The van der Waals surface area contributed by atoms with Gasteiger partial charge in [0.25, 0.3) is 0 Å². The Morgan fingerprint density at radius 2 is 1.36 bits per heavy atom. The molecule has 0 aromatic heterocycles. The Morgan fingerprint density at radius 1 is 0.795 bits per heavy atom. The predicted octanol–water partition coefficient (Wildman–Crippen LogP) is 8.38. The minimum atomic E-state index is -0.693. The van der Waals surface area contributed by atoms with Crippen molar-refractivity contribution >= 4 is 17.8 Å². The van der Waals surface area contributed by atoms with Gasteiger partial charge in [-0.05, 0) is 90.7 Å². The van der Waals surface area contributed by atoms with Crippen molar-refractivity contribution in [1.82, 2.24) is 5.32 Å². The van der Waals surface area contributed by atoms with Crippen molar-refractivity contribution in [3.63, 3.8) is 0 Å². The highest BCUT2D eigenvalue weighted by Gasteiger charge is 2.23. The zero-order chi connectivity index (χ0) is 32.5. The van der Waals surface area contributed by atoms with Crippen LogP contribution < -0.4 is 10.1 Å². The number of carbonyl (C=O) groups is 3. The lowest BCUT2D eigenvalue weighted by Gasteiger charge is -2.20. The molecule has 242 valence electrons. The lowest BCUT2D eigenvalue weighted by atomic mass is 10.1. The van der Waals surface area contributed by atoms with Gasteiger partial charge < -0.3 is 19.5 Å². The lowest BCUT2D eigenvalue weighted by molar-refractivity contribution is -0.139. The molecule has 0 saturated heterocycles. The van der Waals surface area contributed by atoms with Crippen molar-refractivity contribution < 1.29 is 28.6 Å². The number of benzene rings is 1. The summed E-state index contributed by atoms with van der Waals surface area (Å²) >= 11 is 0. The van der Waals surface area contributed by atoms with Gasteiger partial charge >= 0.3 is 11.9 Å². The van der Waals surface area contributed by atoms with Gasteiger partial charge in [0, 0.05) is 6.61 Å². The number of rotatable bonds is 21. The highest BCUT2D eigenvalue weighted by molar-refractivity contribution is 5.94. The number of amides is 1. The summed E-state index contributed by atoms with van der Waals surface area (Å²) in [6, 6.07) is 6.34. The standard InChI is InChI=1S/C37H53NO6/c1-6-8-9-10-11-12-13-14-15-16-17-18-19-20-21-22-23-26-29-42-32(7-2)35(40)38-30-34(39)43-33-28-25-24-27-31(33)36(41)44-37(3,4)5/h8-9,11-12,14-15,17-18,20-21,24-25,27-28,32H,6-7,10,13,16,19,22-23,26,29-30H2,1-5H3,(H,38,40)/b9-8-,12-11-,15-14-,18-17-,21-20-. The van der Waals surface area contributed by atoms with Crippen LogP contribution in [0.25, 0.3) is 0 Å². The van der Waals surface area contributed by atoms with E-state index in [2.05, 4.69) is 73.0 Å². The van der Waals surface area contributed by atoms with Gasteiger partial charge in [-0.25, -0.2) is 9.59 Å². The molecule has 1 unspecified atom stereocenters. The number of ether oxygens (including phenoxy) is 3. The van der Waals surface area contributed by atoms with E-state index >= 15 is 0 Å². The number of esters is 2.